The van der Waals surface area contributed by atoms with E-state index in [0.29, 0.717) is 17.9 Å². The number of carbonyl (C=O) groups is 1. The number of nitrogens with two attached hydrogens (primary N) is 1. The summed E-state index contributed by atoms with van der Waals surface area (Å²) in [5, 5.41) is 0.380. The van der Waals surface area contributed by atoms with Gasteiger partial charge in [0.1, 0.15) is 6.04 Å². The summed E-state index contributed by atoms with van der Waals surface area (Å²) in [6.07, 6.45) is -1.14. The van der Waals surface area contributed by atoms with Crippen molar-refractivity contribution in [3.05, 3.63) is 35.9 Å². The quantitative estimate of drug-likeness (QED) is 0.527. The molecule has 1 saturated carbocycles. The maximum atomic E-state index is 13.4. The van der Waals surface area contributed by atoms with Crippen LogP contribution >= 0.6 is 0 Å². The molecule has 21 heavy (non-hydrogen) atoms. The molecule has 1 aromatic rings. The second-order valence-corrected chi connectivity index (χ2v) is 5.46. The lowest BCUT2D eigenvalue weighted by molar-refractivity contribution is -0.193. The highest BCUT2D eigenvalue weighted by molar-refractivity contribution is 5.94. The first-order chi connectivity index (χ1) is 9.91. The van der Waals surface area contributed by atoms with Crippen LogP contribution < -0.4 is 5.84 Å². The number of benzene rings is 1. The zero-order valence-corrected chi connectivity index (χ0v) is 11.6. The van der Waals surface area contributed by atoms with Gasteiger partial charge >= 0.3 is 6.18 Å². The summed E-state index contributed by atoms with van der Waals surface area (Å²) >= 11 is 0. The average molecular weight is 300 g/mol. The van der Waals surface area contributed by atoms with E-state index in [0.717, 1.165) is 19.3 Å². The van der Waals surface area contributed by atoms with E-state index in [2.05, 4.69) is 0 Å². The van der Waals surface area contributed by atoms with E-state index in [9.17, 15) is 18.0 Å². The summed E-state index contributed by atoms with van der Waals surface area (Å²) < 4.78 is 40.1. The molecule has 3 nitrogen and oxygen atoms in total. The number of amides is 1. The topological polar surface area (TPSA) is 46.3 Å². The van der Waals surface area contributed by atoms with Crippen molar-refractivity contribution >= 4 is 5.91 Å². The monoisotopic (exact) mass is 300 g/mol. The van der Waals surface area contributed by atoms with Gasteiger partial charge in [-0.05, 0) is 30.9 Å². The standard InChI is InChI=1S/C15H19F3N2O/c16-15(17,18)13(11-7-3-1-4-8-11)20(19)14(21)12-9-5-2-6-10-12/h2,5-6,9-11,13H,1,3-4,7-8,19H2. The van der Waals surface area contributed by atoms with Gasteiger partial charge in [0.2, 0.25) is 0 Å². The second-order valence-electron chi connectivity index (χ2n) is 5.46. The van der Waals surface area contributed by atoms with Crippen molar-refractivity contribution in [1.82, 2.24) is 5.01 Å². The first kappa shape index (κ1) is 15.8. The zero-order valence-electron chi connectivity index (χ0n) is 11.6. The largest absolute Gasteiger partial charge is 0.410 e. The number of carbonyl (C=O) groups excluding carboxylic acids is 1. The third kappa shape index (κ3) is 3.75. The lowest BCUT2D eigenvalue weighted by Crippen LogP contribution is -2.56. The highest BCUT2D eigenvalue weighted by atomic mass is 19.4. The minimum atomic E-state index is -4.51. The highest BCUT2D eigenvalue weighted by Gasteiger charge is 2.49. The van der Waals surface area contributed by atoms with E-state index in [1.165, 1.54) is 12.1 Å². The predicted octanol–water partition coefficient (Wildman–Crippen LogP) is 3.51. The van der Waals surface area contributed by atoms with Crippen LogP contribution in [-0.4, -0.2) is 23.1 Å². The van der Waals surface area contributed by atoms with Crippen LogP contribution in [0.2, 0.25) is 0 Å². The van der Waals surface area contributed by atoms with Crippen LogP contribution in [0.5, 0.6) is 0 Å². The van der Waals surface area contributed by atoms with Gasteiger partial charge in [-0.1, -0.05) is 37.5 Å². The fourth-order valence-corrected chi connectivity index (χ4v) is 2.96. The number of nitrogens with zero attached hydrogens (tertiary/aromatic N) is 1. The highest BCUT2D eigenvalue weighted by Crippen LogP contribution is 2.37. The Labute approximate surface area is 121 Å². The summed E-state index contributed by atoms with van der Waals surface area (Å²) in [4.78, 5) is 12.2. The third-order valence-corrected chi connectivity index (χ3v) is 3.99. The maximum Gasteiger partial charge on any atom is 0.410 e. The normalized spacial score (nSPS) is 18.3. The number of alkyl halides is 3. The minimum absolute atomic E-state index is 0.171. The Morgan fingerprint density at radius 1 is 1.14 bits per heavy atom. The van der Waals surface area contributed by atoms with Gasteiger partial charge in [-0.2, -0.15) is 13.2 Å². The maximum absolute atomic E-state index is 13.4. The van der Waals surface area contributed by atoms with Gasteiger partial charge in [0, 0.05) is 5.56 Å². The van der Waals surface area contributed by atoms with Crippen molar-refractivity contribution in [3.8, 4) is 0 Å². The number of rotatable bonds is 3. The first-order valence-corrected chi connectivity index (χ1v) is 7.11. The van der Waals surface area contributed by atoms with Crippen LogP contribution in [0.25, 0.3) is 0 Å². The summed E-state index contributed by atoms with van der Waals surface area (Å²) in [6, 6.07) is 5.92. The molecule has 1 amide bonds. The van der Waals surface area contributed by atoms with Crippen LogP contribution in [0.1, 0.15) is 42.5 Å². The van der Waals surface area contributed by atoms with E-state index < -0.39 is 24.0 Å². The van der Waals surface area contributed by atoms with Crippen molar-refractivity contribution in [3.63, 3.8) is 0 Å². The Balaban J connectivity index is 2.22. The van der Waals surface area contributed by atoms with E-state index in [1.807, 2.05) is 0 Å². The summed E-state index contributed by atoms with van der Waals surface area (Å²) in [5.74, 6) is 4.17. The Bertz CT molecular complexity index is 470. The molecule has 1 aliphatic carbocycles. The third-order valence-electron chi connectivity index (χ3n) is 3.99. The van der Waals surface area contributed by atoms with Crippen LogP contribution in [-0.2, 0) is 0 Å². The molecule has 2 rings (SSSR count). The lowest BCUT2D eigenvalue weighted by atomic mass is 9.83. The molecule has 0 heterocycles. The number of hydrogen-bond acceptors (Lipinski definition) is 2. The fourth-order valence-electron chi connectivity index (χ4n) is 2.96. The Morgan fingerprint density at radius 2 is 1.71 bits per heavy atom. The van der Waals surface area contributed by atoms with Crippen LogP contribution in [0.3, 0.4) is 0 Å². The van der Waals surface area contributed by atoms with Crippen molar-refractivity contribution in [1.29, 1.82) is 0 Å². The van der Waals surface area contributed by atoms with Gasteiger partial charge in [0.15, 0.2) is 0 Å². The molecular weight excluding hydrogens is 281 g/mol. The Morgan fingerprint density at radius 3 is 2.24 bits per heavy atom. The first-order valence-electron chi connectivity index (χ1n) is 7.11. The molecule has 0 aliphatic heterocycles. The van der Waals surface area contributed by atoms with E-state index in [-0.39, 0.29) is 5.56 Å². The van der Waals surface area contributed by atoms with Crippen LogP contribution in [0.4, 0.5) is 13.2 Å². The summed E-state index contributed by atoms with van der Waals surface area (Å²) in [7, 11) is 0. The van der Waals surface area contributed by atoms with Crippen molar-refractivity contribution < 1.29 is 18.0 Å². The molecule has 1 atom stereocenters. The van der Waals surface area contributed by atoms with Crippen LogP contribution in [0, 0.1) is 5.92 Å². The molecule has 2 N–H and O–H groups in total. The van der Waals surface area contributed by atoms with Gasteiger partial charge in [-0.3, -0.25) is 9.80 Å². The van der Waals surface area contributed by atoms with Crippen molar-refractivity contribution in [2.75, 3.05) is 0 Å². The molecule has 0 bridgehead atoms. The molecule has 1 aliphatic rings. The van der Waals surface area contributed by atoms with Gasteiger partial charge in [-0.25, -0.2) is 5.84 Å². The van der Waals surface area contributed by atoms with Gasteiger partial charge < -0.3 is 0 Å². The molecule has 1 aromatic carbocycles. The van der Waals surface area contributed by atoms with E-state index in [4.69, 9.17) is 5.84 Å². The smallest absolute Gasteiger partial charge is 0.268 e. The molecule has 116 valence electrons. The van der Waals surface area contributed by atoms with Crippen molar-refractivity contribution in [2.45, 2.75) is 44.3 Å². The average Bonchev–Trinajstić information content (AvgIpc) is 2.47. The van der Waals surface area contributed by atoms with Gasteiger partial charge in [0.05, 0.1) is 0 Å². The molecule has 0 aromatic heterocycles. The SMILES string of the molecule is NN(C(=O)c1ccccc1)C(C1CCCCC1)C(F)(F)F. The van der Waals surface area contributed by atoms with E-state index in [1.54, 1.807) is 18.2 Å². The minimum Gasteiger partial charge on any atom is -0.268 e. The predicted molar refractivity (Wildman–Crippen MR) is 73.2 cm³/mol. The summed E-state index contributed by atoms with van der Waals surface area (Å²) in [6.45, 7) is 0. The number of hydrazine groups is 1. The lowest BCUT2D eigenvalue weighted by Gasteiger charge is -2.37. The van der Waals surface area contributed by atoms with Crippen LogP contribution in [0.15, 0.2) is 30.3 Å². The Hall–Kier alpha value is -1.56. The number of hydrogen-bond donors (Lipinski definition) is 1. The van der Waals surface area contributed by atoms with Gasteiger partial charge in [0.25, 0.3) is 5.91 Å². The van der Waals surface area contributed by atoms with E-state index >= 15 is 0 Å². The number of halogens is 3. The summed E-state index contributed by atoms with van der Waals surface area (Å²) in [5.41, 5.74) is 0.171. The Kier molecular flexibility index (Phi) is 4.88. The molecular formula is C15H19F3N2O. The van der Waals surface area contributed by atoms with Gasteiger partial charge in [-0.15, -0.1) is 0 Å². The molecule has 0 saturated heterocycles. The fraction of sp³-hybridized carbons (Fsp3) is 0.533. The molecule has 1 unspecified atom stereocenters. The molecule has 6 heteroatoms. The second kappa shape index (κ2) is 6.47. The molecule has 0 spiro atoms. The van der Waals surface area contributed by atoms with Crippen molar-refractivity contribution in [2.24, 2.45) is 11.8 Å². The molecule has 0 radical (unpaired) electrons. The zero-order chi connectivity index (χ0) is 15.5. The molecule has 1 fully saturated rings.